The Morgan fingerprint density at radius 3 is 2.55 bits per heavy atom. The van der Waals surface area contributed by atoms with Gasteiger partial charge in [0, 0.05) is 12.2 Å². The predicted molar refractivity (Wildman–Crippen MR) is 78.9 cm³/mol. The van der Waals surface area contributed by atoms with Gasteiger partial charge in [0.15, 0.2) is 0 Å². The molecule has 0 aliphatic heterocycles. The Kier molecular flexibility index (Phi) is 4.06. The zero-order chi connectivity index (χ0) is 14.8. The largest absolute Gasteiger partial charge is 0.326 e. The molecule has 0 spiro atoms. The van der Waals surface area contributed by atoms with Crippen LogP contribution < -0.4 is 10.5 Å². The minimum atomic E-state index is -3.62. The molecule has 20 heavy (non-hydrogen) atoms. The van der Waals surface area contributed by atoms with Crippen molar-refractivity contribution >= 4 is 15.7 Å². The quantitative estimate of drug-likeness (QED) is 0.901. The van der Waals surface area contributed by atoms with Crippen LogP contribution in [0.2, 0.25) is 0 Å². The highest BCUT2D eigenvalue weighted by molar-refractivity contribution is 7.92. The number of sulfonamides is 1. The first-order valence-electron chi connectivity index (χ1n) is 6.17. The fraction of sp³-hybridized carbons (Fsp3) is 0.214. The summed E-state index contributed by atoms with van der Waals surface area (Å²) < 4.78 is 27.1. The second-order valence-corrected chi connectivity index (χ2v) is 6.27. The molecular formula is C14H17N3O2S. The van der Waals surface area contributed by atoms with Gasteiger partial charge in [-0.1, -0.05) is 6.07 Å². The molecule has 0 unspecified atom stereocenters. The first-order chi connectivity index (χ1) is 9.42. The van der Waals surface area contributed by atoms with Gasteiger partial charge in [-0.2, -0.15) is 0 Å². The van der Waals surface area contributed by atoms with Crippen LogP contribution in [0.5, 0.6) is 0 Å². The zero-order valence-corrected chi connectivity index (χ0v) is 12.2. The van der Waals surface area contributed by atoms with E-state index in [9.17, 15) is 8.42 Å². The third kappa shape index (κ3) is 3.15. The van der Waals surface area contributed by atoms with E-state index in [1.54, 1.807) is 30.3 Å². The zero-order valence-electron chi connectivity index (χ0n) is 11.4. The van der Waals surface area contributed by atoms with E-state index in [2.05, 4.69) is 9.71 Å². The monoisotopic (exact) mass is 291 g/mol. The van der Waals surface area contributed by atoms with Crippen molar-refractivity contribution < 1.29 is 8.42 Å². The minimum absolute atomic E-state index is 0.198. The summed E-state index contributed by atoms with van der Waals surface area (Å²) in [6, 6.07) is 8.35. The van der Waals surface area contributed by atoms with Gasteiger partial charge in [0.2, 0.25) is 0 Å². The highest BCUT2D eigenvalue weighted by atomic mass is 32.2. The number of hydrogen-bond acceptors (Lipinski definition) is 4. The third-order valence-corrected chi connectivity index (χ3v) is 4.39. The van der Waals surface area contributed by atoms with Crippen LogP contribution in [0, 0.1) is 13.8 Å². The van der Waals surface area contributed by atoms with Crippen LogP contribution in [0.15, 0.2) is 41.4 Å². The Balaban J connectivity index is 2.33. The van der Waals surface area contributed by atoms with Crippen molar-refractivity contribution in [1.82, 2.24) is 4.98 Å². The van der Waals surface area contributed by atoms with E-state index in [1.807, 2.05) is 13.8 Å². The van der Waals surface area contributed by atoms with Gasteiger partial charge < -0.3 is 5.73 Å². The fourth-order valence-electron chi connectivity index (χ4n) is 1.78. The number of nitrogens with one attached hydrogen (secondary N) is 1. The van der Waals surface area contributed by atoms with Gasteiger partial charge in [0.1, 0.15) is 0 Å². The molecule has 2 rings (SSSR count). The molecule has 2 aromatic rings. The van der Waals surface area contributed by atoms with Gasteiger partial charge in [-0.05, 0) is 49.2 Å². The summed E-state index contributed by atoms with van der Waals surface area (Å²) >= 11 is 0. The minimum Gasteiger partial charge on any atom is -0.326 e. The smallest absolute Gasteiger partial charge is 0.261 e. The summed E-state index contributed by atoms with van der Waals surface area (Å²) in [5, 5.41) is 0. The lowest BCUT2D eigenvalue weighted by Gasteiger charge is -2.10. The van der Waals surface area contributed by atoms with Gasteiger partial charge in [-0.3, -0.25) is 9.71 Å². The number of aromatic nitrogens is 1. The molecule has 0 aliphatic rings. The van der Waals surface area contributed by atoms with E-state index in [1.165, 1.54) is 6.20 Å². The maximum absolute atomic E-state index is 12.3. The number of pyridine rings is 1. The number of hydrogen-bond donors (Lipinski definition) is 2. The Morgan fingerprint density at radius 1 is 1.20 bits per heavy atom. The molecule has 3 N–H and O–H groups in total. The summed E-state index contributed by atoms with van der Waals surface area (Å²) in [4.78, 5) is 4.26. The summed E-state index contributed by atoms with van der Waals surface area (Å²) in [5.41, 5.74) is 8.66. The molecule has 0 amide bonds. The van der Waals surface area contributed by atoms with E-state index in [0.29, 0.717) is 12.2 Å². The highest BCUT2D eigenvalue weighted by Crippen LogP contribution is 2.18. The van der Waals surface area contributed by atoms with Crippen molar-refractivity contribution in [2.45, 2.75) is 25.3 Å². The normalized spacial score (nSPS) is 11.3. The summed E-state index contributed by atoms with van der Waals surface area (Å²) in [6.45, 7) is 4.04. The number of anilines is 1. The Labute approximate surface area is 118 Å². The lowest BCUT2D eigenvalue weighted by atomic mass is 10.1. The molecule has 0 fully saturated rings. The number of aryl methyl sites for hydroxylation is 2. The molecule has 0 saturated carbocycles. The van der Waals surface area contributed by atoms with Crippen LogP contribution >= 0.6 is 0 Å². The maximum atomic E-state index is 12.3. The summed E-state index contributed by atoms with van der Waals surface area (Å²) in [5.74, 6) is 0. The van der Waals surface area contributed by atoms with Crippen molar-refractivity contribution in [3.05, 3.63) is 53.3 Å². The Bertz CT molecular complexity index is 710. The SMILES string of the molecule is Cc1ccc(NS(=O)(=O)c2ccc(C)c(CN)c2)cn1. The molecule has 1 heterocycles. The fourth-order valence-corrected chi connectivity index (χ4v) is 2.87. The molecule has 1 aromatic carbocycles. The lowest BCUT2D eigenvalue weighted by molar-refractivity contribution is 0.601. The van der Waals surface area contributed by atoms with Crippen LogP contribution in [0.4, 0.5) is 5.69 Å². The average molecular weight is 291 g/mol. The molecule has 0 saturated heterocycles. The van der Waals surface area contributed by atoms with Crippen molar-refractivity contribution in [3.8, 4) is 0 Å². The van der Waals surface area contributed by atoms with Crippen LogP contribution in [0.1, 0.15) is 16.8 Å². The van der Waals surface area contributed by atoms with Crippen LogP contribution in [-0.2, 0) is 16.6 Å². The van der Waals surface area contributed by atoms with Crippen molar-refractivity contribution in [3.63, 3.8) is 0 Å². The molecule has 0 aliphatic carbocycles. The van der Waals surface area contributed by atoms with Gasteiger partial charge in [0.05, 0.1) is 16.8 Å². The molecule has 6 heteroatoms. The van der Waals surface area contributed by atoms with Crippen LogP contribution in [0.3, 0.4) is 0 Å². The lowest BCUT2D eigenvalue weighted by Crippen LogP contribution is -2.14. The summed E-state index contributed by atoms with van der Waals surface area (Å²) in [6.07, 6.45) is 1.49. The van der Waals surface area contributed by atoms with E-state index in [-0.39, 0.29) is 4.90 Å². The van der Waals surface area contributed by atoms with E-state index in [0.717, 1.165) is 16.8 Å². The molecule has 0 radical (unpaired) electrons. The van der Waals surface area contributed by atoms with Gasteiger partial charge >= 0.3 is 0 Å². The topological polar surface area (TPSA) is 85.1 Å². The van der Waals surface area contributed by atoms with Gasteiger partial charge in [-0.25, -0.2) is 8.42 Å². The standard InChI is InChI=1S/C14H17N3O2S/c1-10-3-6-14(7-12(10)8-15)20(18,19)17-13-5-4-11(2)16-9-13/h3-7,9,17H,8,15H2,1-2H3. The number of rotatable bonds is 4. The van der Waals surface area contributed by atoms with Gasteiger partial charge in [0.25, 0.3) is 10.0 Å². The highest BCUT2D eigenvalue weighted by Gasteiger charge is 2.15. The maximum Gasteiger partial charge on any atom is 0.261 e. The van der Waals surface area contributed by atoms with E-state index >= 15 is 0 Å². The number of nitrogens with two attached hydrogens (primary N) is 1. The second-order valence-electron chi connectivity index (χ2n) is 4.59. The molecule has 0 bridgehead atoms. The predicted octanol–water partition coefficient (Wildman–Crippen LogP) is 1.96. The molecular weight excluding hydrogens is 274 g/mol. The van der Waals surface area contributed by atoms with Crippen LogP contribution in [-0.4, -0.2) is 13.4 Å². The Hall–Kier alpha value is -1.92. The molecule has 1 aromatic heterocycles. The number of benzene rings is 1. The number of nitrogens with zero attached hydrogens (tertiary/aromatic N) is 1. The first-order valence-corrected chi connectivity index (χ1v) is 7.66. The second kappa shape index (κ2) is 5.60. The summed E-state index contributed by atoms with van der Waals surface area (Å²) in [7, 11) is -3.62. The average Bonchev–Trinajstić information content (AvgIpc) is 2.41. The Morgan fingerprint density at radius 2 is 1.95 bits per heavy atom. The third-order valence-electron chi connectivity index (χ3n) is 3.01. The van der Waals surface area contributed by atoms with Crippen molar-refractivity contribution in [1.29, 1.82) is 0 Å². The van der Waals surface area contributed by atoms with Crippen molar-refractivity contribution in [2.24, 2.45) is 5.73 Å². The molecule has 5 nitrogen and oxygen atoms in total. The van der Waals surface area contributed by atoms with Crippen molar-refractivity contribution in [2.75, 3.05) is 4.72 Å². The first kappa shape index (κ1) is 14.5. The molecule has 0 atom stereocenters. The van der Waals surface area contributed by atoms with E-state index in [4.69, 9.17) is 5.73 Å². The van der Waals surface area contributed by atoms with E-state index < -0.39 is 10.0 Å². The van der Waals surface area contributed by atoms with Gasteiger partial charge in [-0.15, -0.1) is 0 Å². The van der Waals surface area contributed by atoms with Crippen LogP contribution in [0.25, 0.3) is 0 Å². The molecule has 106 valence electrons.